The molecule has 0 radical (unpaired) electrons. The Morgan fingerprint density at radius 1 is 0.840 bits per heavy atom. The number of hydrogen-bond donors (Lipinski definition) is 1. The quantitative estimate of drug-likeness (QED) is 0.291. The first-order valence-electron chi connectivity index (χ1n) is 7.90. The van der Waals surface area contributed by atoms with Crippen molar-refractivity contribution in [2.75, 3.05) is 58.9 Å². The zero-order valence-corrected chi connectivity index (χ0v) is 15.8. The summed E-state index contributed by atoms with van der Waals surface area (Å²) in [7, 11) is 0. The van der Waals surface area contributed by atoms with E-state index >= 15 is 0 Å². The average molecular weight is 386 g/mol. The largest absolute Gasteiger partial charge is 0.509 e. The predicted molar refractivity (Wildman–Crippen MR) is 89.8 cm³/mol. The smallest absolute Gasteiger partial charge is 0.444 e. The summed E-state index contributed by atoms with van der Waals surface area (Å²) in [5.41, 5.74) is -0.513. The lowest BCUT2D eigenvalue weighted by Crippen LogP contribution is -2.34. The normalized spacial score (nSPS) is 11.0. The molecule has 0 aliphatic rings. The van der Waals surface area contributed by atoms with Crippen molar-refractivity contribution in [1.29, 1.82) is 0 Å². The maximum Gasteiger partial charge on any atom is 0.509 e. The van der Waals surface area contributed by atoms with E-state index in [1.807, 2.05) is 0 Å². The van der Waals surface area contributed by atoms with E-state index < -0.39 is 17.8 Å². The van der Waals surface area contributed by atoms with Gasteiger partial charge < -0.3 is 33.7 Å². The lowest BCUT2D eigenvalue weighted by atomic mass is 10.2. The number of alkyl halides is 1. The number of carbonyl (C=O) groups excluding carboxylic acids is 2. The molecule has 0 fully saturated rings. The molecule has 0 heterocycles. The van der Waals surface area contributed by atoms with Gasteiger partial charge in [0, 0.05) is 6.54 Å². The van der Waals surface area contributed by atoms with Gasteiger partial charge in [0.25, 0.3) is 0 Å². The van der Waals surface area contributed by atoms with E-state index in [0.29, 0.717) is 39.6 Å². The number of amides is 1. The molecule has 0 saturated carbocycles. The van der Waals surface area contributed by atoms with Crippen LogP contribution in [-0.2, 0) is 28.4 Å². The third kappa shape index (κ3) is 18.9. The van der Waals surface area contributed by atoms with Gasteiger partial charge in [-0.3, -0.25) is 0 Å². The van der Waals surface area contributed by atoms with Gasteiger partial charge in [-0.05, 0) is 20.8 Å². The van der Waals surface area contributed by atoms with E-state index in [0.717, 1.165) is 0 Å². The Morgan fingerprint density at radius 2 is 1.36 bits per heavy atom. The third-order valence-electron chi connectivity index (χ3n) is 2.28. The van der Waals surface area contributed by atoms with Crippen LogP contribution in [0.4, 0.5) is 9.59 Å². The molecular formula is C15H28ClNO8. The highest BCUT2D eigenvalue weighted by molar-refractivity contribution is 6.17. The number of halogens is 1. The lowest BCUT2D eigenvalue weighted by molar-refractivity contribution is -0.00122. The van der Waals surface area contributed by atoms with Gasteiger partial charge in [0.1, 0.15) is 12.2 Å². The van der Waals surface area contributed by atoms with Crippen LogP contribution in [0.5, 0.6) is 0 Å². The summed E-state index contributed by atoms with van der Waals surface area (Å²) in [6, 6.07) is -0.243. The number of nitrogens with one attached hydrogen (secondary N) is 1. The summed E-state index contributed by atoms with van der Waals surface area (Å²) < 4.78 is 29.8. The molecule has 1 N–H and O–H groups in total. The van der Waals surface area contributed by atoms with E-state index in [2.05, 4.69) is 14.8 Å². The first kappa shape index (κ1) is 23.7. The van der Waals surface area contributed by atoms with Crippen LogP contribution in [0.2, 0.25) is 0 Å². The van der Waals surface area contributed by atoms with Gasteiger partial charge >= 0.3 is 12.2 Å². The highest BCUT2D eigenvalue weighted by atomic mass is 35.5. The second-order valence-corrected chi connectivity index (χ2v) is 5.84. The van der Waals surface area contributed by atoms with Crippen LogP contribution in [0.25, 0.3) is 0 Å². The molecule has 25 heavy (non-hydrogen) atoms. The highest BCUT2D eigenvalue weighted by Gasteiger charge is 2.15. The van der Waals surface area contributed by atoms with E-state index in [1.54, 1.807) is 20.8 Å². The van der Waals surface area contributed by atoms with Gasteiger partial charge in [-0.2, -0.15) is 0 Å². The minimum Gasteiger partial charge on any atom is -0.444 e. The molecule has 0 unspecified atom stereocenters. The first-order valence-corrected chi connectivity index (χ1v) is 8.44. The summed E-state index contributed by atoms with van der Waals surface area (Å²) in [5, 5.41) is 2.59. The molecule has 0 aliphatic heterocycles. The Labute approximate surface area is 153 Å². The van der Waals surface area contributed by atoms with Crippen LogP contribution in [-0.4, -0.2) is 76.7 Å². The third-order valence-corrected chi connectivity index (χ3v) is 2.39. The maximum absolute atomic E-state index is 11.3. The fourth-order valence-electron chi connectivity index (χ4n) is 1.35. The van der Waals surface area contributed by atoms with Gasteiger partial charge in [0.15, 0.2) is 6.07 Å². The molecule has 0 spiro atoms. The molecule has 0 aromatic carbocycles. The second-order valence-electron chi connectivity index (χ2n) is 5.62. The zero-order chi connectivity index (χ0) is 19.0. The number of rotatable bonds is 13. The molecule has 0 aliphatic carbocycles. The number of carbonyl (C=O) groups is 2. The number of ether oxygens (including phenoxy) is 6. The van der Waals surface area contributed by atoms with Crippen molar-refractivity contribution < 1.29 is 38.0 Å². The summed E-state index contributed by atoms with van der Waals surface area (Å²) in [5.74, 6) is 0. The molecule has 0 aromatic rings. The lowest BCUT2D eigenvalue weighted by Gasteiger charge is -2.19. The maximum atomic E-state index is 11.3. The Kier molecular flexibility index (Phi) is 14.2. The Balaban J connectivity index is 3.22. The Bertz CT molecular complexity index is 362. The summed E-state index contributed by atoms with van der Waals surface area (Å²) in [6.45, 7) is 8.04. The van der Waals surface area contributed by atoms with Crippen molar-refractivity contribution in [2.45, 2.75) is 26.4 Å². The van der Waals surface area contributed by atoms with E-state index in [4.69, 9.17) is 30.5 Å². The van der Waals surface area contributed by atoms with Crippen molar-refractivity contribution in [3.63, 3.8) is 0 Å². The van der Waals surface area contributed by atoms with Gasteiger partial charge in [0.05, 0.1) is 39.6 Å². The second kappa shape index (κ2) is 15.0. The van der Waals surface area contributed by atoms with Crippen LogP contribution in [0.15, 0.2) is 0 Å². The van der Waals surface area contributed by atoms with E-state index in [1.165, 1.54) is 0 Å². The van der Waals surface area contributed by atoms with E-state index in [9.17, 15) is 9.59 Å². The fraction of sp³-hybridized carbons (Fsp3) is 0.867. The van der Waals surface area contributed by atoms with Gasteiger partial charge in [-0.15, -0.1) is 0 Å². The summed E-state index contributed by atoms with van der Waals surface area (Å²) in [6.07, 6.45) is -1.29. The van der Waals surface area contributed by atoms with Crippen LogP contribution < -0.4 is 5.32 Å². The average Bonchev–Trinajstić information content (AvgIpc) is 2.50. The van der Waals surface area contributed by atoms with Crippen LogP contribution >= 0.6 is 11.6 Å². The Hall–Kier alpha value is -1.29. The topological polar surface area (TPSA) is 102 Å². The Morgan fingerprint density at radius 3 is 1.88 bits per heavy atom. The number of alkyl carbamates (subject to hydrolysis) is 1. The molecular weight excluding hydrogens is 358 g/mol. The molecule has 1 amide bonds. The first-order chi connectivity index (χ1) is 11.8. The number of hydrogen-bond acceptors (Lipinski definition) is 8. The van der Waals surface area contributed by atoms with Crippen LogP contribution in [0.3, 0.4) is 0 Å². The van der Waals surface area contributed by atoms with Gasteiger partial charge in [-0.1, -0.05) is 11.6 Å². The summed E-state index contributed by atoms with van der Waals surface area (Å²) >= 11 is 5.18. The molecule has 0 bridgehead atoms. The SMILES string of the molecule is CC(C)(C)OC(=O)NCCOCCOCCOCCOC(=O)OCCl. The van der Waals surface area contributed by atoms with Gasteiger partial charge in [-0.25, -0.2) is 9.59 Å². The molecule has 0 rings (SSSR count). The predicted octanol–water partition coefficient (Wildman–Crippen LogP) is 1.91. The molecule has 0 aromatic heterocycles. The van der Waals surface area contributed by atoms with Crippen LogP contribution in [0, 0.1) is 0 Å². The standard InChI is InChI=1S/C15H28ClNO8/c1-15(2,3)25-13(18)17-4-5-20-6-7-21-8-9-22-10-11-23-14(19)24-12-16/h4-12H2,1-3H3,(H,17,18). The van der Waals surface area contributed by atoms with Crippen molar-refractivity contribution >= 4 is 23.8 Å². The zero-order valence-electron chi connectivity index (χ0n) is 15.0. The minimum absolute atomic E-state index is 0.0868. The molecule has 148 valence electrons. The van der Waals surface area contributed by atoms with Crippen molar-refractivity contribution in [3.8, 4) is 0 Å². The molecule has 0 atom stereocenters. The van der Waals surface area contributed by atoms with E-state index in [-0.39, 0.29) is 19.3 Å². The van der Waals surface area contributed by atoms with Crippen molar-refractivity contribution in [1.82, 2.24) is 5.32 Å². The van der Waals surface area contributed by atoms with Crippen molar-refractivity contribution in [3.05, 3.63) is 0 Å². The monoisotopic (exact) mass is 385 g/mol. The van der Waals surface area contributed by atoms with Crippen molar-refractivity contribution in [2.24, 2.45) is 0 Å². The molecule has 0 saturated heterocycles. The fourth-order valence-corrected chi connectivity index (χ4v) is 1.44. The molecule has 10 heteroatoms. The van der Waals surface area contributed by atoms with Crippen LogP contribution in [0.1, 0.15) is 20.8 Å². The highest BCUT2D eigenvalue weighted by Crippen LogP contribution is 2.05. The molecule has 9 nitrogen and oxygen atoms in total. The van der Waals surface area contributed by atoms with Gasteiger partial charge in [0.2, 0.25) is 0 Å². The minimum atomic E-state index is -0.826. The summed E-state index contributed by atoms with van der Waals surface area (Å²) in [4.78, 5) is 22.1.